The van der Waals surface area contributed by atoms with Crippen molar-refractivity contribution in [2.24, 2.45) is 0 Å². The first kappa shape index (κ1) is 8.38. The molecule has 0 radical (unpaired) electrons. The van der Waals surface area contributed by atoms with Crippen molar-refractivity contribution in [3.63, 3.8) is 0 Å². The topological polar surface area (TPSA) is 21.8 Å². The summed E-state index contributed by atoms with van der Waals surface area (Å²) in [6.45, 7) is -1.81. The van der Waals surface area contributed by atoms with Crippen molar-refractivity contribution in [1.29, 1.82) is 0 Å². The van der Waals surface area contributed by atoms with Crippen LogP contribution in [0.25, 0.3) is 0 Å². The van der Waals surface area contributed by atoms with E-state index in [1.807, 2.05) is 0 Å². The van der Waals surface area contributed by atoms with E-state index in [0.717, 1.165) is 19.4 Å². The van der Waals surface area contributed by atoms with E-state index in [4.69, 9.17) is 4.74 Å². The number of halogens is 2. The third-order valence-electron chi connectivity index (χ3n) is 2.69. The molecule has 1 heterocycles. The van der Waals surface area contributed by atoms with Gasteiger partial charge in [-0.3, -0.25) is 0 Å². The molecular formula is C8H12F2O2. The summed E-state index contributed by atoms with van der Waals surface area (Å²) < 4.78 is 33.2. The summed E-state index contributed by atoms with van der Waals surface area (Å²) in [5.74, 6) is 0. The third kappa shape index (κ3) is 1.75. The van der Waals surface area contributed by atoms with Crippen LogP contribution in [0.4, 0.5) is 8.78 Å². The van der Waals surface area contributed by atoms with E-state index in [2.05, 4.69) is 4.74 Å². The molecular weight excluding hydrogens is 166 g/mol. The largest absolute Gasteiger partial charge is 0.370 e. The number of hydrogen-bond donors (Lipinski definition) is 0. The quantitative estimate of drug-likeness (QED) is 0.603. The van der Waals surface area contributed by atoms with Crippen LogP contribution in [-0.2, 0) is 9.47 Å². The van der Waals surface area contributed by atoms with E-state index in [-0.39, 0.29) is 11.7 Å². The van der Waals surface area contributed by atoms with Crippen LogP contribution >= 0.6 is 0 Å². The Kier molecular flexibility index (Phi) is 2.04. The van der Waals surface area contributed by atoms with Crippen molar-refractivity contribution < 1.29 is 18.3 Å². The molecule has 1 saturated heterocycles. The molecule has 4 heteroatoms. The number of epoxide rings is 1. The standard InChI is InChI=1S/C8H12F2O2/c9-7(10)12-6-1-3-8(4-2-6)5-11-8/h6-7H,1-5H2. The Labute approximate surface area is 69.8 Å². The van der Waals surface area contributed by atoms with Gasteiger partial charge in [0.25, 0.3) is 0 Å². The van der Waals surface area contributed by atoms with Gasteiger partial charge in [0.15, 0.2) is 0 Å². The lowest BCUT2D eigenvalue weighted by atomic mass is 9.88. The van der Waals surface area contributed by atoms with Gasteiger partial charge in [-0.1, -0.05) is 0 Å². The molecule has 2 fully saturated rings. The van der Waals surface area contributed by atoms with Gasteiger partial charge in [-0.15, -0.1) is 0 Å². The lowest BCUT2D eigenvalue weighted by molar-refractivity contribution is -0.172. The van der Waals surface area contributed by atoms with Gasteiger partial charge >= 0.3 is 6.61 Å². The lowest BCUT2D eigenvalue weighted by Gasteiger charge is -2.25. The summed E-state index contributed by atoms with van der Waals surface area (Å²) in [7, 11) is 0. The maximum atomic E-state index is 11.8. The molecule has 70 valence electrons. The Hall–Kier alpha value is -0.220. The molecule has 1 aliphatic carbocycles. The van der Waals surface area contributed by atoms with Crippen LogP contribution in [0, 0.1) is 0 Å². The average molecular weight is 178 g/mol. The molecule has 0 unspecified atom stereocenters. The summed E-state index contributed by atoms with van der Waals surface area (Å²) in [5, 5.41) is 0. The minimum Gasteiger partial charge on any atom is -0.370 e. The van der Waals surface area contributed by atoms with E-state index >= 15 is 0 Å². The molecule has 1 saturated carbocycles. The second-order valence-electron chi connectivity index (χ2n) is 3.57. The Morgan fingerprint density at radius 3 is 2.33 bits per heavy atom. The van der Waals surface area contributed by atoms with Crippen LogP contribution in [0.2, 0.25) is 0 Å². The molecule has 1 aliphatic heterocycles. The molecule has 0 aromatic heterocycles. The minimum absolute atomic E-state index is 0.0714. The maximum absolute atomic E-state index is 11.8. The predicted octanol–water partition coefficient (Wildman–Crippen LogP) is 1.94. The molecule has 0 bridgehead atoms. The van der Waals surface area contributed by atoms with E-state index in [1.165, 1.54) is 0 Å². The number of alkyl halides is 2. The zero-order chi connectivity index (χ0) is 8.60. The summed E-state index contributed by atoms with van der Waals surface area (Å²) in [6.07, 6.45) is 2.93. The average Bonchev–Trinajstić information content (AvgIpc) is 2.75. The van der Waals surface area contributed by atoms with Gasteiger partial charge in [0.05, 0.1) is 18.3 Å². The monoisotopic (exact) mass is 178 g/mol. The summed E-state index contributed by atoms with van der Waals surface area (Å²) >= 11 is 0. The van der Waals surface area contributed by atoms with Gasteiger partial charge in [0, 0.05) is 0 Å². The van der Waals surface area contributed by atoms with Gasteiger partial charge in [0.1, 0.15) is 0 Å². The van der Waals surface area contributed by atoms with Gasteiger partial charge in [0.2, 0.25) is 0 Å². The number of rotatable bonds is 2. The van der Waals surface area contributed by atoms with Crippen molar-refractivity contribution in [3.05, 3.63) is 0 Å². The first-order valence-corrected chi connectivity index (χ1v) is 4.28. The van der Waals surface area contributed by atoms with Crippen molar-refractivity contribution in [3.8, 4) is 0 Å². The molecule has 0 atom stereocenters. The van der Waals surface area contributed by atoms with Crippen LogP contribution in [-0.4, -0.2) is 24.9 Å². The second kappa shape index (κ2) is 2.92. The smallest absolute Gasteiger partial charge is 0.345 e. The van der Waals surface area contributed by atoms with Crippen molar-refractivity contribution in [2.75, 3.05) is 6.61 Å². The molecule has 0 aromatic rings. The summed E-state index contributed by atoms with van der Waals surface area (Å²) in [6, 6.07) is 0. The van der Waals surface area contributed by atoms with Crippen LogP contribution in [0.5, 0.6) is 0 Å². The van der Waals surface area contributed by atoms with Crippen molar-refractivity contribution in [1.82, 2.24) is 0 Å². The van der Waals surface area contributed by atoms with Crippen molar-refractivity contribution >= 4 is 0 Å². The van der Waals surface area contributed by atoms with Gasteiger partial charge in [-0.05, 0) is 25.7 Å². The molecule has 2 aliphatic rings. The molecule has 2 rings (SSSR count). The highest BCUT2D eigenvalue weighted by atomic mass is 19.3. The fraction of sp³-hybridized carbons (Fsp3) is 1.00. The van der Waals surface area contributed by atoms with E-state index in [1.54, 1.807) is 0 Å². The predicted molar refractivity (Wildman–Crippen MR) is 38.0 cm³/mol. The Balaban J connectivity index is 1.74. The fourth-order valence-corrected chi connectivity index (χ4v) is 1.79. The van der Waals surface area contributed by atoms with E-state index in [9.17, 15) is 8.78 Å². The lowest BCUT2D eigenvalue weighted by Crippen LogP contribution is -2.28. The van der Waals surface area contributed by atoms with E-state index in [0.29, 0.717) is 12.8 Å². The maximum Gasteiger partial charge on any atom is 0.345 e. The third-order valence-corrected chi connectivity index (χ3v) is 2.69. The molecule has 0 amide bonds. The summed E-state index contributed by atoms with van der Waals surface area (Å²) in [5.41, 5.74) is 0.0714. The normalized spacial score (nSPS) is 40.8. The minimum atomic E-state index is -2.62. The van der Waals surface area contributed by atoms with Crippen LogP contribution < -0.4 is 0 Å². The Bertz CT molecular complexity index is 158. The van der Waals surface area contributed by atoms with Crippen molar-refractivity contribution in [2.45, 2.75) is 44.0 Å². The highest BCUT2D eigenvalue weighted by molar-refractivity contribution is 4.96. The molecule has 1 spiro atoms. The van der Waals surface area contributed by atoms with Crippen LogP contribution in [0.3, 0.4) is 0 Å². The van der Waals surface area contributed by atoms with E-state index < -0.39 is 6.61 Å². The van der Waals surface area contributed by atoms with Gasteiger partial charge in [-0.25, -0.2) is 0 Å². The molecule has 2 nitrogen and oxygen atoms in total. The molecule has 0 aromatic carbocycles. The zero-order valence-corrected chi connectivity index (χ0v) is 6.76. The fourth-order valence-electron chi connectivity index (χ4n) is 1.79. The molecule has 12 heavy (non-hydrogen) atoms. The first-order valence-electron chi connectivity index (χ1n) is 4.28. The van der Waals surface area contributed by atoms with Gasteiger partial charge in [-0.2, -0.15) is 8.78 Å². The number of hydrogen-bond acceptors (Lipinski definition) is 2. The number of ether oxygens (including phenoxy) is 2. The second-order valence-corrected chi connectivity index (χ2v) is 3.57. The zero-order valence-electron chi connectivity index (χ0n) is 6.76. The Morgan fingerprint density at radius 1 is 1.33 bits per heavy atom. The Morgan fingerprint density at radius 2 is 1.92 bits per heavy atom. The highest BCUT2D eigenvalue weighted by Gasteiger charge is 2.47. The SMILES string of the molecule is FC(F)OC1CCC2(CC1)CO2. The van der Waals surface area contributed by atoms with Crippen LogP contribution in [0.15, 0.2) is 0 Å². The van der Waals surface area contributed by atoms with Crippen LogP contribution in [0.1, 0.15) is 25.7 Å². The highest BCUT2D eigenvalue weighted by Crippen LogP contribution is 2.42. The first-order chi connectivity index (χ1) is 5.70. The molecule has 0 N–H and O–H groups in total. The van der Waals surface area contributed by atoms with Gasteiger partial charge < -0.3 is 9.47 Å². The summed E-state index contributed by atoms with van der Waals surface area (Å²) in [4.78, 5) is 0.